The Hall–Kier alpha value is -0.260. The van der Waals surface area contributed by atoms with Gasteiger partial charge in [0, 0.05) is 18.9 Å². The molecule has 2 fully saturated rings. The van der Waals surface area contributed by atoms with Crippen molar-refractivity contribution in [2.24, 2.45) is 4.99 Å². The van der Waals surface area contributed by atoms with Crippen LogP contribution in [0.2, 0.25) is 0 Å². The van der Waals surface area contributed by atoms with Gasteiger partial charge in [0.2, 0.25) is 0 Å². The summed E-state index contributed by atoms with van der Waals surface area (Å²) >= 11 is 2.00. The lowest BCUT2D eigenvalue weighted by atomic mass is 10.2. The van der Waals surface area contributed by atoms with Crippen LogP contribution in [0.4, 0.5) is 0 Å². The number of ether oxygens (including phenoxy) is 1. The molecule has 0 spiro atoms. The van der Waals surface area contributed by atoms with Crippen LogP contribution in [0.5, 0.6) is 0 Å². The fourth-order valence-electron chi connectivity index (χ4n) is 2.34. The summed E-state index contributed by atoms with van der Waals surface area (Å²) in [6.45, 7) is 2.93. The summed E-state index contributed by atoms with van der Waals surface area (Å²) in [6, 6.07) is 0.469. The van der Waals surface area contributed by atoms with Crippen LogP contribution in [-0.4, -0.2) is 48.8 Å². The number of aliphatic imine (C=N–C) groups is 1. The molecule has 0 aromatic rings. The highest BCUT2D eigenvalue weighted by Crippen LogP contribution is 2.21. The lowest BCUT2D eigenvalue weighted by Crippen LogP contribution is -2.46. The molecule has 0 saturated carbocycles. The number of nitrogens with zero attached hydrogens (tertiary/aromatic N) is 1. The van der Waals surface area contributed by atoms with Gasteiger partial charge in [0.25, 0.3) is 0 Å². The van der Waals surface area contributed by atoms with Crippen molar-refractivity contribution >= 4 is 17.6 Å². The van der Waals surface area contributed by atoms with Crippen LogP contribution in [0.3, 0.4) is 0 Å². The molecule has 3 rings (SSSR count). The largest absolute Gasteiger partial charge is 0.370 e. The average Bonchev–Trinajstić information content (AvgIpc) is 3.02. The maximum absolute atomic E-state index is 5.63. The van der Waals surface area contributed by atoms with Gasteiger partial charge in [-0.25, -0.2) is 0 Å². The Bertz CT molecular complexity index is 259. The Morgan fingerprint density at radius 3 is 3.20 bits per heavy atom. The van der Waals surface area contributed by atoms with Gasteiger partial charge in [-0.1, -0.05) is 0 Å². The van der Waals surface area contributed by atoms with Crippen molar-refractivity contribution in [1.82, 2.24) is 10.6 Å². The lowest BCUT2D eigenvalue weighted by molar-refractivity contribution is 0.156. The van der Waals surface area contributed by atoms with E-state index >= 15 is 0 Å². The zero-order chi connectivity index (χ0) is 10.1. The molecule has 4 nitrogen and oxygen atoms in total. The second-order valence-electron chi connectivity index (χ2n) is 4.22. The second kappa shape index (κ2) is 4.31. The lowest BCUT2D eigenvalue weighted by Gasteiger charge is -2.20. The molecule has 0 aromatic carbocycles. The SMILES string of the molecule is C1COC(C2=NCC(C3NCCS3)N2)C1. The van der Waals surface area contributed by atoms with E-state index in [4.69, 9.17) is 4.74 Å². The van der Waals surface area contributed by atoms with Gasteiger partial charge in [0.15, 0.2) is 0 Å². The number of hydrogen-bond donors (Lipinski definition) is 2. The van der Waals surface area contributed by atoms with Crippen molar-refractivity contribution in [1.29, 1.82) is 0 Å². The summed E-state index contributed by atoms with van der Waals surface area (Å²) < 4.78 is 5.63. The van der Waals surface area contributed by atoms with Gasteiger partial charge in [-0.2, -0.15) is 0 Å². The molecule has 0 bridgehead atoms. The molecule has 3 aliphatic heterocycles. The molecule has 3 aliphatic rings. The third-order valence-electron chi connectivity index (χ3n) is 3.14. The van der Waals surface area contributed by atoms with Crippen LogP contribution < -0.4 is 10.6 Å². The van der Waals surface area contributed by atoms with Crippen LogP contribution in [0.25, 0.3) is 0 Å². The molecule has 0 aliphatic carbocycles. The molecule has 2 saturated heterocycles. The molecule has 0 radical (unpaired) electrons. The predicted octanol–water partition coefficient (Wildman–Crippen LogP) is 0.198. The zero-order valence-corrected chi connectivity index (χ0v) is 9.55. The minimum atomic E-state index is 0.251. The van der Waals surface area contributed by atoms with Crippen molar-refractivity contribution in [3.8, 4) is 0 Å². The van der Waals surface area contributed by atoms with E-state index in [0.717, 1.165) is 32.0 Å². The summed E-state index contributed by atoms with van der Waals surface area (Å²) in [5, 5.41) is 7.55. The van der Waals surface area contributed by atoms with E-state index in [1.165, 1.54) is 12.2 Å². The van der Waals surface area contributed by atoms with E-state index in [1.54, 1.807) is 0 Å². The van der Waals surface area contributed by atoms with E-state index in [0.29, 0.717) is 11.4 Å². The molecule has 2 N–H and O–H groups in total. The number of thioether (sulfide) groups is 1. The molecule has 0 amide bonds. The summed E-state index contributed by atoms with van der Waals surface area (Å²) in [7, 11) is 0. The van der Waals surface area contributed by atoms with Crippen molar-refractivity contribution in [3.05, 3.63) is 0 Å². The van der Waals surface area contributed by atoms with Crippen molar-refractivity contribution in [3.63, 3.8) is 0 Å². The van der Waals surface area contributed by atoms with Crippen LogP contribution in [-0.2, 0) is 4.74 Å². The average molecular weight is 227 g/mol. The van der Waals surface area contributed by atoms with Crippen molar-refractivity contribution < 1.29 is 4.74 Å². The first-order valence-corrected chi connectivity index (χ1v) is 6.76. The molecular weight excluding hydrogens is 210 g/mol. The van der Waals surface area contributed by atoms with Gasteiger partial charge < -0.3 is 15.4 Å². The highest BCUT2D eigenvalue weighted by atomic mass is 32.2. The fourth-order valence-corrected chi connectivity index (χ4v) is 3.45. The van der Waals surface area contributed by atoms with Crippen molar-refractivity contribution in [2.45, 2.75) is 30.4 Å². The van der Waals surface area contributed by atoms with E-state index in [9.17, 15) is 0 Å². The monoisotopic (exact) mass is 227 g/mol. The second-order valence-corrected chi connectivity index (χ2v) is 5.47. The maximum atomic E-state index is 5.63. The van der Waals surface area contributed by atoms with Gasteiger partial charge in [0.05, 0.1) is 18.0 Å². The third-order valence-corrected chi connectivity index (χ3v) is 4.43. The Balaban J connectivity index is 1.56. The van der Waals surface area contributed by atoms with Gasteiger partial charge in [-0.3, -0.25) is 4.99 Å². The first-order chi connectivity index (χ1) is 7.43. The minimum Gasteiger partial charge on any atom is -0.370 e. The topological polar surface area (TPSA) is 45.6 Å². The van der Waals surface area contributed by atoms with Gasteiger partial charge in [-0.15, -0.1) is 11.8 Å². The zero-order valence-electron chi connectivity index (χ0n) is 8.74. The highest BCUT2D eigenvalue weighted by molar-refractivity contribution is 8.00. The molecule has 5 heteroatoms. The van der Waals surface area contributed by atoms with E-state index in [2.05, 4.69) is 15.6 Å². The van der Waals surface area contributed by atoms with Gasteiger partial charge >= 0.3 is 0 Å². The quantitative estimate of drug-likeness (QED) is 0.707. The smallest absolute Gasteiger partial charge is 0.126 e. The summed E-state index contributed by atoms with van der Waals surface area (Å²) in [4.78, 5) is 4.57. The standard InChI is InChI=1S/C10H17N3OS/c1-2-8(14-4-1)9-12-6-7(13-9)10-11-3-5-15-10/h7-8,10-11H,1-6H2,(H,12,13). The summed E-state index contributed by atoms with van der Waals surface area (Å²) in [5.74, 6) is 2.31. The summed E-state index contributed by atoms with van der Waals surface area (Å²) in [6.07, 6.45) is 2.55. The van der Waals surface area contributed by atoms with Crippen LogP contribution in [0, 0.1) is 0 Å². The van der Waals surface area contributed by atoms with E-state index in [1.807, 2.05) is 11.8 Å². The molecule has 15 heavy (non-hydrogen) atoms. The Labute approximate surface area is 94.2 Å². The Morgan fingerprint density at radius 1 is 1.47 bits per heavy atom. The summed E-state index contributed by atoms with van der Waals surface area (Å²) in [5.41, 5.74) is 0. The molecule has 3 heterocycles. The van der Waals surface area contributed by atoms with Crippen LogP contribution in [0.15, 0.2) is 4.99 Å². The minimum absolute atomic E-state index is 0.251. The van der Waals surface area contributed by atoms with Crippen LogP contribution in [0.1, 0.15) is 12.8 Å². The molecule has 0 aromatic heterocycles. The first kappa shape index (κ1) is 9.93. The Morgan fingerprint density at radius 2 is 2.47 bits per heavy atom. The first-order valence-electron chi connectivity index (χ1n) is 5.71. The third kappa shape index (κ3) is 2.00. The van der Waals surface area contributed by atoms with E-state index < -0.39 is 0 Å². The Kier molecular flexibility index (Phi) is 2.86. The molecule has 3 atom stereocenters. The number of rotatable bonds is 2. The van der Waals surface area contributed by atoms with Gasteiger partial charge in [0.1, 0.15) is 11.9 Å². The van der Waals surface area contributed by atoms with Crippen molar-refractivity contribution in [2.75, 3.05) is 25.4 Å². The highest BCUT2D eigenvalue weighted by Gasteiger charge is 2.33. The fraction of sp³-hybridized carbons (Fsp3) is 0.900. The normalized spacial score (nSPS) is 40.5. The molecular formula is C10H17N3OS. The van der Waals surface area contributed by atoms with Gasteiger partial charge in [-0.05, 0) is 12.8 Å². The van der Waals surface area contributed by atoms with Crippen LogP contribution >= 0.6 is 11.8 Å². The number of amidine groups is 1. The maximum Gasteiger partial charge on any atom is 0.126 e. The molecule has 3 unspecified atom stereocenters. The predicted molar refractivity (Wildman–Crippen MR) is 62.4 cm³/mol. The number of hydrogen-bond acceptors (Lipinski definition) is 5. The van der Waals surface area contributed by atoms with E-state index in [-0.39, 0.29) is 6.10 Å². The number of nitrogens with one attached hydrogen (secondary N) is 2. The molecule has 84 valence electrons.